The van der Waals surface area contributed by atoms with Crippen LogP contribution in [0.5, 0.6) is 5.75 Å². The molecule has 0 aromatic heterocycles. The monoisotopic (exact) mass is 385 g/mol. The zero-order chi connectivity index (χ0) is 18.9. The molecular formula is C18H18F3NO3S. The highest BCUT2D eigenvalue weighted by molar-refractivity contribution is 7.91. The number of ether oxygens (including phenoxy) is 1. The summed E-state index contributed by atoms with van der Waals surface area (Å²) in [6.07, 6.45) is 1.69. The maximum absolute atomic E-state index is 14.0. The fraction of sp³-hybridized carbons (Fsp3) is 0.333. The van der Waals surface area contributed by atoms with Crippen molar-refractivity contribution in [2.45, 2.75) is 29.5 Å². The third-order valence-electron chi connectivity index (χ3n) is 4.54. The van der Waals surface area contributed by atoms with Crippen molar-refractivity contribution in [3.8, 4) is 5.75 Å². The lowest BCUT2D eigenvalue weighted by atomic mass is 10.0. The molecule has 0 bridgehead atoms. The van der Waals surface area contributed by atoms with E-state index in [2.05, 4.69) is 0 Å². The van der Waals surface area contributed by atoms with Crippen LogP contribution >= 0.6 is 0 Å². The molecule has 0 N–H and O–H groups in total. The highest BCUT2D eigenvalue weighted by Crippen LogP contribution is 2.37. The molecule has 1 aliphatic rings. The minimum absolute atomic E-state index is 0.0760. The van der Waals surface area contributed by atoms with E-state index in [0.717, 1.165) is 18.4 Å². The van der Waals surface area contributed by atoms with Crippen LogP contribution in [0.15, 0.2) is 47.4 Å². The Kier molecular flexibility index (Phi) is 5.13. The topological polar surface area (TPSA) is 46.6 Å². The fourth-order valence-corrected chi connectivity index (χ4v) is 3.96. The van der Waals surface area contributed by atoms with Crippen LogP contribution in [-0.4, -0.2) is 27.8 Å². The van der Waals surface area contributed by atoms with Gasteiger partial charge < -0.3 is 9.64 Å². The van der Waals surface area contributed by atoms with Crippen molar-refractivity contribution < 1.29 is 26.3 Å². The molecule has 0 spiro atoms. The zero-order valence-electron chi connectivity index (χ0n) is 14.0. The second-order valence-corrected chi connectivity index (χ2v) is 7.96. The van der Waals surface area contributed by atoms with Gasteiger partial charge in [-0.15, -0.1) is 0 Å². The van der Waals surface area contributed by atoms with Crippen LogP contribution in [0, 0.1) is 5.82 Å². The molecule has 1 aliphatic heterocycles. The average molecular weight is 385 g/mol. The third-order valence-corrected chi connectivity index (χ3v) is 5.94. The first-order chi connectivity index (χ1) is 12.3. The number of hydrogen-bond donors (Lipinski definition) is 0. The molecule has 0 aliphatic carbocycles. The molecule has 1 heterocycles. The number of anilines is 1. The summed E-state index contributed by atoms with van der Waals surface area (Å²) in [6.45, 7) is 0.708. The molecule has 140 valence electrons. The quantitative estimate of drug-likeness (QED) is 0.775. The standard InChI is InChI=1S/C18H18F3NO3S/c1-25-17-9-4-12(11-15(17)19)16-3-2-10-22(16)13-5-7-14(8-6-13)26(23,24)18(20)21/h4-9,11,16,18H,2-3,10H2,1H3. The Morgan fingerprint density at radius 1 is 1.15 bits per heavy atom. The summed E-state index contributed by atoms with van der Waals surface area (Å²) in [7, 11) is -3.21. The highest BCUT2D eigenvalue weighted by atomic mass is 32.2. The van der Waals surface area contributed by atoms with E-state index >= 15 is 0 Å². The van der Waals surface area contributed by atoms with Crippen LogP contribution in [0.2, 0.25) is 0 Å². The van der Waals surface area contributed by atoms with Gasteiger partial charge in [0, 0.05) is 12.2 Å². The van der Waals surface area contributed by atoms with Crippen molar-refractivity contribution in [3.63, 3.8) is 0 Å². The molecule has 0 amide bonds. The van der Waals surface area contributed by atoms with Gasteiger partial charge in [0.2, 0.25) is 9.84 Å². The lowest BCUT2D eigenvalue weighted by molar-refractivity contribution is 0.234. The number of halogens is 3. The van der Waals surface area contributed by atoms with Gasteiger partial charge >= 0.3 is 5.76 Å². The predicted molar refractivity (Wildman–Crippen MR) is 91.9 cm³/mol. The molecular weight excluding hydrogens is 367 g/mol. The molecule has 1 fully saturated rings. The molecule has 1 unspecified atom stereocenters. The van der Waals surface area contributed by atoms with E-state index in [-0.39, 0.29) is 11.8 Å². The number of sulfone groups is 1. The van der Waals surface area contributed by atoms with Gasteiger partial charge in [-0.05, 0) is 54.8 Å². The summed E-state index contributed by atoms with van der Waals surface area (Å²) in [5.41, 5.74) is 1.49. The van der Waals surface area contributed by atoms with E-state index in [1.807, 2.05) is 4.90 Å². The maximum atomic E-state index is 14.0. The lowest BCUT2D eigenvalue weighted by Gasteiger charge is -2.27. The summed E-state index contributed by atoms with van der Waals surface area (Å²) in [5, 5.41) is 0. The second kappa shape index (κ2) is 7.19. The lowest BCUT2D eigenvalue weighted by Crippen LogP contribution is -2.22. The first-order valence-electron chi connectivity index (χ1n) is 8.07. The molecule has 0 saturated carbocycles. The van der Waals surface area contributed by atoms with E-state index in [1.165, 1.54) is 37.4 Å². The smallest absolute Gasteiger partial charge is 0.341 e. The fourth-order valence-electron chi connectivity index (χ4n) is 3.24. The predicted octanol–water partition coefficient (Wildman–Crippen LogP) is 4.17. The summed E-state index contributed by atoms with van der Waals surface area (Å²) in [6, 6.07) is 10.1. The van der Waals surface area contributed by atoms with Crippen molar-refractivity contribution in [2.75, 3.05) is 18.6 Å². The normalized spacial score (nSPS) is 17.7. The van der Waals surface area contributed by atoms with Crippen LogP contribution in [0.3, 0.4) is 0 Å². The number of methoxy groups -OCH3 is 1. The molecule has 2 aromatic rings. The largest absolute Gasteiger partial charge is 0.494 e. The average Bonchev–Trinajstić information content (AvgIpc) is 3.11. The SMILES string of the molecule is COc1ccc(C2CCCN2c2ccc(S(=O)(=O)C(F)F)cc2)cc1F. The van der Waals surface area contributed by atoms with Gasteiger partial charge in [0.15, 0.2) is 11.6 Å². The molecule has 0 radical (unpaired) electrons. The van der Waals surface area contributed by atoms with Crippen molar-refractivity contribution in [1.82, 2.24) is 0 Å². The molecule has 8 heteroatoms. The van der Waals surface area contributed by atoms with Crippen molar-refractivity contribution in [1.29, 1.82) is 0 Å². The number of alkyl halides is 2. The Balaban J connectivity index is 1.88. The van der Waals surface area contributed by atoms with E-state index < -0.39 is 26.3 Å². The number of benzene rings is 2. The van der Waals surface area contributed by atoms with Crippen LogP contribution < -0.4 is 9.64 Å². The van der Waals surface area contributed by atoms with E-state index in [1.54, 1.807) is 12.1 Å². The van der Waals surface area contributed by atoms with Crippen molar-refractivity contribution in [3.05, 3.63) is 53.8 Å². The van der Waals surface area contributed by atoms with Gasteiger partial charge in [-0.2, -0.15) is 8.78 Å². The molecule has 3 rings (SSSR count). The van der Waals surface area contributed by atoms with Crippen LogP contribution in [0.4, 0.5) is 18.9 Å². The van der Waals surface area contributed by atoms with Crippen molar-refractivity contribution in [2.24, 2.45) is 0 Å². The Labute approximate surface area is 150 Å². The van der Waals surface area contributed by atoms with Crippen LogP contribution in [-0.2, 0) is 9.84 Å². The molecule has 2 aromatic carbocycles. The van der Waals surface area contributed by atoms with Crippen LogP contribution in [0.1, 0.15) is 24.4 Å². The molecule has 1 atom stereocenters. The number of rotatable bonds is 5. The van der Waals surface area contributed by atoms with Gasteiger partial charge in [0.05, 0.1) is 18.0 Å². The summed E-state index contributed by atoms with van der Waals surface area (Å²) >= 11 is 0. The second-order valence-electron chi connectivity index (χ2n) is 6.04. The Morgan fingerprint density at radius 3 is 2.42 bits per heavy atom. The first kappa shape index (κ1) is 18.6. The zero-order valence-corrected chi connectivity index (χ0v) is 14.8. The Morgan fingerprint density at radius 2 is 1.85 bits per heavy atom. The Bertz CT molecular complexity index is 885. The van der Waals surface area contributed by atoms with Gasteiger partial charge in [0.25, 0.3) is 0 Å². The Hall–Kier alpha value is -2.22. The van der Waals surface area contributed by atoms with E-state index in [9.17, 15) is 21.6 Å². The van der Waals surface area contributed by atoms with Gasteiger partial charge in [0.1, 0.15) is 0 Å². The minimum atomic E-state index is -4.61. The highest BCUT2D eigenvalue weighted by Gasteiger charge is 2.29. The summed E-state index contributed by atoms with van der Waals surface area (Å²) < 4.78 is 67.3. The molecule has 26 heavy (non-hydrogen) atoms. The summed E-state index contributed by atoms with van der Waals surface area (Å²) in [4.78, 5) is 1.60. The molecule has 4 nitrogen and oxygen atoms in total. The van der Waals surface area contributed by atoms with Crippen LogP contribution in [0.25, 0.3) is 0 Å². The van der Waals surface area contributed by atoms with E-state index in [0.29, 0.717) is 12.2 Å². The van der Waals surface area contributed by atoms with Crippen molar-refractivity contribution >= 4 is 15.5 Å². The summed E-state index contributed by atoms with van der Waals surface area (Å²) in [5.74, 6) is -3.73. The minimum Gasteiger partial charge on any atom is -0.494 e. The maximum Gasteiger partial charge on any atom is 0.341 e. The third kappa shape index (κ3) is 3.38. The van der Waals surface area contributed by atoms with Gasteiger partial charge in [-0.3, -0.25) is 0 Å². The van der Waals surface area contributed by atoms with E-state index in [4.69, 9.17) is 4.74 Å². The van der Waals surface area contributed by atoms with Gasteiger partial charge in [-0.25, -0.2) is 12.8 Å². The number of nitrogens with zero attached hydrogens (tertiary/aromatic N) is 1. The van der Waals surface area contributed by atoms with Gasteiger partial charge in [-0.1, -0.05) is 6.07 Å². The first-order valence-corrected chi connectivity index (χ1v) is 9.61. The number of hydrogen-bond acceptors (Lipinski definition) is 4. The molecule has 1 saturated heterocycles.